The number of nitrogens with one attached hydrogen (secondary N) is 1. The Morgan fingerprint density at radius 1 is 1.19 bits per heavy atom. The summed E-state index contributed by atoms with van der Waals surface area (Å²) in [6.45, 7) is 12.5. The number of halogens is 1. The highest BCUT2D eigenvalue weighted by Gasteiger charge is 2.24. The molecule has 0 saturated carbocycles. The Labute approximate surface area is 211 Å². The lowest BCUT2D eigenvalue weighted by Crippen LogP contribution is -2.47. The summed E-state index contributed by atoms with van der Waals surface area (Å²) in [6.07, 6.45) is 6.01. The molecule has 2 aliphatic heterocycles. The standard InChI is InChI=1S/C25H41N3O3.HI/c1-4-26-25(27-14-11-21-7-9-22(10-8-21)30-18-20(2)3)28-15-12-23(13-16-28)31-19-24-6-5-17-29-24;/h7-10,20,23-24H,4-6,11-19H2,1-3H3,(H,26,27);1H. The Kier molecular flexibility index (Phi) is 12.7. The van der Waals surface area contributed by atoms with Crippen molar-refractivity contribution < 1.29 is 14.2 Å². The third kappa shape index (κ3) is 9.43. The zero-order chi connectivity index (χ0) is 21.9. The maximum Gasteiger partial charge on any atom is 0.193 e. The van der Waals surface area contributed by atoms with Gasteiger partial charge in [0.2, 0.25) is 0 Å². The van der Waals surface area contributed by atoms with Crippen LogP contribution in [0.25, 0.3) is 0 Å². The molecule has 7 heteroatoms. The minimum Gasteiger partial charge on any atom is -0.493 e. The molecule has 0 bridgehead atoms. The lowest BCUT2D eigenvalue weighted by molar-refractivity contribution is -0.0367. The first-order valence-electron chi connectivity index (χ1n) is 12.1. The minimum absolute atomic E-state index is 0. The van der Waals surface area contributed by atoms with E-state index < -0.39 is 0 Å². The highest BCUT2D eigenvalue weighted by molar-refractivity contribution is 14.0. The van der Waals surface area contributed by atoms with E-state index in [9.17, 15) is 0 Å². The van der Waals surface area contributed by atoms with E-state index in [1.165, 1.54) is 12.0 Å². The van der Waals surface area contributed by atoms with Crippen molar-refractivity contribution in [2.24, 2.45) is 10.9 Å². The molecule has 2 fully saturated rings. The first-order valence-corrected chi connectivity index (χ1v) is 12.1. The topological polar surface area (TPSA) is 55.3 Å². The first-order chi connectivity index (χ1) is 15.1. The van der Waals surface area contributed by atoms with Crippen LogP contribution in [-0.4, -0.2) is 69.1 Å². The van der Waals surface area contributed by atoms with Crippen molar-refractivity contribution in [1.82, 2.24) is 10.2 Å². The van der Waals surface area contributed by atoms with Gasteiger partial charge in [-0.1, -0.05) is 26.0 Å². The number of hydrogen-bond acceptors (Lipinski definition) is 4. The van der Waals surface area contributed by atoms with Gasteiger partial charge in [0.25, 0.3) is 0 Å². The van der Waals surface area contributed by atoms with E-state index in [-0.39, 0.29) is 24.0 Å². The molecule has 0 spiro atoms. The summed E-state index contributed by atoms with van der Waals surface area (Å²) in [7, 11) is 0. The lowest BCUT2D eigenvalue weighted by Gasteiger charge is -2.34. The molecule has 1 atom stereocenters. The van der Waals surface area contributed by atoms with Crippen molar-refractivity contribution in [3.63, 3.8) is 0 Å². The number of ether oxygens (including phenoxy) is 3. The van der Waals surface area contributed by atoms with Crippen molar-refractivity contribution >= 4 is 29.9 Å². The number of hydrogen-bond donors (Lipinski definition) is 1. The highest BCUT2D eigenvalue weighted by atomic mass is 127. The van der Waals surface area contributed by atoms with Gasteiger partial charge in [-0.25, -0.2) is 0 Å². The van der Waals surface area contributed by atoms with Gasteiger partial charge in [-0.3, -0.25) is 4.99 Å². The third-order valence-corrected chi connectivity index (χ3v) is 5.79. The molecule has 2 aliphatic rings. The summed E-state index contributed by atoms with van der Waals surface area (Å²) in [4.78, 5) is 7.26. The SMILES string of the molecule is CCNC(=NCCc1ccc(OCC(C)C)cc1)N1CCC(OCC2CCCO2)CC1.I. The van der Waals surface area contributed by atoms with Crippen LogP contribution in [0, 0.1) is 5.92 Å². The molecule has 0 amide bonds. The summed E-state index contributed by atoms with van der Waals surface area (Å²) < 4.78 is 17.6. The third-order valence-electron chi connectivity index (χ3n) is 5.79. The molecule has 6 nitrogen and oxygen atoms in total. The normalized spacial score (nSPS) is 19.8. The van der Waals surface area contributed by atoms with Crippen LogP contribution in [0.15, 0.2) is 29.3 Å². The van der Waals surface area contributed by atoms with Crippen LogP contribution in [-0.2, 0) is 15.9 Å². The molecule has 1 N–H and O–H groups in total. The fourth-order valence-electron chi connectivity index (χ4n) is 3.99. The maximum absolute atomic E-state index is 6.11. The van der Waals surface area contributed by atoms with E-state index in [4.69, 9.17) is 19.2 Å². The molecule has 3 rings (SSSR count). The van der Waals surface area contributed by atoms with E-state index in [1.54, 1.807) is 0 Å². The second kappa shape index (κ2) is 15.0. The fraction of sp³-hybridized carbons (Fsp3) is 0.720. The van der Waals surface area contributed by atoms with E-state index >= 15 is 0 Å². The molecule has 1 aromatic rings. The van der Waals surface area contributed by atoms with Crippen LogP contribution in [0.1, 0.15) is 52.0 Å². The van der Waals surface area contributed by atoms with Crippen LogP contribution in [0.5, 0.6) is 5.75 Å². The van der Waals surface area contributed by atoms with Crippen LogP contribution < -0.4 is 10.1 Å². The average molecular weight is 560 g/mol. The van der Waals surface area contributed by atoms with E-state index in [1.807, 2.05) is 0 Å². The lowest BCUT2D eigenvalue weighted by atomic mass is 10.1. The van der Waals surface area contributed by atoms with E-state index in [2.05, 4.69) is 55.3 Å². The number of benzene rings is 1. The van der Waals surface area contributed by atoms with Crippen molar-refractivity contribution in [2.45, 2.75) is 65.1 Å². The Hall–Kier alpha value is -1.06. The number of nitrogens with zero attached hydrogens (tertiary/aromatic N) is 2. The molecular weight excluding hydrogens is 517 g/mol. The van der Waals surface area contributed by atoms with E-state index in [0.29, 0.717) is 18.1 Å². The van der Waals surface area contributed by atoms with Gasteiger partial charge in [-0.2, -0.15) is 0 Å². The van der Waals surface area contributed by atoms with Crippen LogP contribution in [0.2, 0.25) is 0 Å². The monoisotopic (exact) mass is 559 g/mol. The molecule has 1 unspecified atom stereocenters. The predicted octanol–water partition coefficient (Wildman–Crippen LogP) is 4.51. The second-order valence-electron chi connectivity index (χ2n) is 8.99. The predicted molar refractivity (Wildman–Crippen MR) is 141 cm³/mol. The van der Waals surface area contributed by atoms with Gasteiger partial charge in [-0.05, 0) is 62.6 Å². The van der Waals surface area contributed by atoms with Crippen molar-refractivity contribution in [2.75, 3.05) is 46.0 Å². The maximum atomic E-state index is 6.11. The number of rotatable bonds is 10. The molecule has 0 aromatic heterocycles. The van der Waals surface area contributed by atoms with Gasteiger partial charge in [-0.15, -0.1) is 24.0 Å². The summed E-state index contributed by atoms with van der Waals surface area (Å²) in [5.41, 5.74) is 1.29. The molecule has 0 radical (unpaired) electrons. The number of piperidine rings is 1. The van der Waals surface area contributed by atoms with Crippen LogP contribution >= 0.6 is 24.0 Å². The summed E-state index contributed by atoms with van der Waals surface area (Å²) in [5.74, 6) is 2.51. The largest absolute Gasteiger partial charge is 0.493 e. The molecule has 2 heterocycles. The first kappa shape index (κ1) is 27.2. The molecular formula is C25H42IN3O3. The smallest absolute Gasteiger partial charge is 0.193 e. The van der Waals surface area contributed by atoms with Gasteiger partial charge in [0.05, 0.1) is 25.4 Å². The Morgan fingerprint density at radius 3 is 2.56 bits per heavy atom. The molecule has 2 saturated heterocycles. The van der Waals surface area contributed by atoms with Crippen molar-refractivity contribution in [3.8, 4) is 5.75 Å². The van der Waals surface area contributed by atoms with Gasteiger partial charge in [0.15, 0.2) is 5.96 Å². The van der Waals surface area contributed by atoms with Gasteiger partial charge in [0.1, 0.15) is 5.75 Å². The molecule has 182 valence electrons. The number of aliphatic imine (C=N–C) groups is 1. The Balaban J connectivity index is 0.00000363. The Morgan fingerprint density at radius 2 is 1.94 bits per heavy atom. The van der Waals surface area contributed by atoms with Gasteiger partial charge >= 0.3 is 0 Å². The van der Waals surface area contributed by atoms with Crippen molar-refractivity contribution in [3.05, 3.63) is 29.8 Å². The zero-order valence-corrected chi connectivity index (χ0v) is 22.4. The zero-order valence-electron chi connectivity index (χ0n) is 20.1. The molecule has 1 aromatic carbocycles. The highest BCUT2D eigenvalue weighted by Crippen LogP contribution is 2.18. The molecule has 0 aliphatic carbocycles. The van der Waals surface area contributed by atoms with E-state index in [0.717, 1.165) is 83.4 Å². The van der Waals surface area contributed by atoms with Gasteiger partial charge in [0, 0.05) is 32.8 Å². The minimum atomic E-state index is 0. The summed E-state index contributed by atoms with van der Waals surface area (Å²) in [5, 5.41) is 3.46. The summed E-state index contributed by atoms with van der Waals surface area (Å²) in [6, 6.07) is 8.42. The quantitative estimate of drug-likeness (QED) is 0.260. The second-order valence-corrected chi connectivity index (χ2v) is 8.99. The fourth-order valence-corrected chi connectivity index (χ4v) is 3.99. The average Bonchev–Trinajstić information content (AvgIpc) is 3.31. The van der Waals surface area contributed by atoms with Crippen LogP contribution in [0.4, 0.5) is 0 Å². The van der Waals surface area contributed by atoms with Crippen LogP contribution in [0.3, 0.4) is 0 Å². The van der Waals surface area contributed by atoms with Gasteiger partial charge < -0.3 is 24.4 Å². The molecule has 32 heavy (non-hydrogen) atoms. The number of guanidine groups is 1. The Bertz CT molecular complexity index is 655. The summed E-state index contributed by atoms with van der Waals surface area (Å²) >= 11 is 0. The number of likely N-dealkylation sites (tertiary alicyclic amines) is 1. The van der Waals surface area contributed by atoms with Crippen molar-refractivity contribution in [1.29, 1.82) is 0 Å².